The van der Waals surface area contributed by atoms with Crippen molar-refractivity contribution in [3.63, 3.8) is 0 Å². The van der Waals surface area contributed by atoms with Crippen molar-refractivity contribution < 1.29 is 14.3 Å². The van der Waals surface area contributed by atoms with Gasteiger partial charge in [-0.2, -0.15) is 0 Å². The molecule has 2 heterocycles. The molecule has 0 aromatic heterocycles. The Morgan fingerprint density at radius 3 is 2.40 bits per heavy atom. The third kappa shape index (κ3) is 5.29. The second-order valence-corrected chi connectivity index (χ2v) is 11.2. The van der Waals surface area contributed by atoms with Crippen molar-refractivity contribution in [2.24, 2.45) is 4.99 Å². The van der Waals surface area contributed by atoms with Gasteiger partial charge in [-0.15, -0.1) is 0 Å². The summed E-state index contributed by atoms with van der Waals surface area (Å²) in [5.74, 6) is -0.446. The number of nitrogens with zero attached hydrogens (tertiary/aromatic N) is 4. The van der Waals surface area contributed by atoms with Crippen molar-refractivity contribution in [2.75, 3.05) is 48.5 Å². The van der Waals surface area contributed by atoms with Gasteiger partial charge in [0.2, 0.25) is 6.17 Å². The van der Waals surface area contributed by atoms with E-state index in [1.807, 2.05) is 54.6 Å². The average molecular weight is 621 g/mol. The fraction of sp³-hybridized carbons (Fsp3) is 0.194. The van der Waals surface area contributed by atoms with Crippen LogP contribution in [0.1, 0.15) is 11.1 Å². The number of anilines is 3. The van der Waals surface area contributed by atoms with Gasteiger partial charge in [-0.1, -0.05) is 78.5 Å². The Morgan fingerprint density at radius 1 is 0.952 bits per heavy atom. The van der Waals surface area contributed by atoms with Crippen LogP contribution >= 0.6 is 36.0 Å². The number of hydrogen-bond donors (Lipinski definition) is 2. The second kappa shape index (κ2) is 11.9. The van der Waals surface area contributed by atoms with Gasteiger partial charge in [0.1, 0.15) is 0 Å². The van der Waals surface area contributed by atoms with E-state index >= 15 is 0 Å². The van der Waals surface area contributed by atoms with Gasteiger partial charge in [0, 0.05) is 57.8 Å². The average Bonchev–Trinajstić information content (AvgIpc) is 3.11. The number of nitrogens with one attached hydrogen (secondary N) is 1. The van der Waals surface area contributed by atoms with E-state index in [0.717, 1.165) is 33.9 Å². The highest BCUT2D eigenvalue weighted by molar-refractivity contribution is 7.78. The smallest absolute Gasteiger partial charge is 0.334 e. The lowest BCUT2D eigenvalue weighted by Gasteiger charge is -2.30. The first-order valence-electron chi connectivity index (χ1n) is 13.4. The molecule has 1 unspecified atom stereocenters. The van der Waals surface area contributed by atoms with Crippen LogP contribution in [-0.4, -0.2) is 61.5 Å². The number of aliphatic imine (C=N–C) groups is 1. The molecular formula is C31H27Cl2N5O3S. The van der Waals surface area contributed by atoms with E-state index < -0.39 is 18.1 Å². The molecule has 1 saturated heterocycles. The molecule has 6 rings (SSSR count). The molecule has 4 aromatic rings. The zero-order chi connectivity index (χ0) is 29.4. The van der Waals surface area contributed by atoms with E-state index in [-0.39, 0.29) is 0 Å². The Labute approximate surface area is 259 Å². The molecule has 1 atom stereocenters. The van der Waals surface area contributed by atoms with E-state index in [2.05, 4.69) is 23.0 Å². The molecule has 0 saturated carbocycles. The normalized spacial score (nSPS) is 17.0. The molecule has 1 N–H and O–H groups in total. The number of morpholine rings is 1. The molecule has 42 heavy (non-hydrogen) atoms. The van der Waals surface area contributed by atoms with Crippen molar-refractivity contribution >= 4 is 81.5 Å². The van der Waals surface area contributed by atoms with Crippen molar-refractivity contribution in [1.29, 1.82) is 0 Å². The minimum Gasteiger partial charge on any atom is -0.378 e. The Kier molecular flexibility index (Phi) is 8.00. The maximum atomic E-state index is 13.8. The molecule has 0 aliphatic carbocycles. The number of fused-ring (bicyclic) bond motifs is 2. The summed E-state index contributed by atoms with van der Waals surface area (Å²) in [6.07, 6.45) is -1.30. The first kappa shape index (κ1) is 28.4. The summed E-state index contributed by atoms with van der Waals surface area (Å²) in [5.41, 5.74) is 3.88. The number of carbonyl (C=O) groups excluding carboxylic acids is 2. The standard InChI is InChI=1S/C31H27Cl2N5O3S/c1-36-26-12-10-19(32)18-23(26)28(22-8-4-5-9-24(22)33)35-29(30(36)39)38(42)31(40)34-25-11-13-27(37-14-16-41-17-15-37)21-7-3-2-6-20(21)25/h2-13,18,29,42H,14-17H2,1H3,(H,34,40). The first-order valence-corrected chi connectivity index (χ1v) is 14.5. The number of amides is 3. The number of thiol groups is 1. The minimum absolute atomic E-state index is 0.424. The number of urea groups is 1. The molecule has 1 fully saturated rings. The Morgan fingerprint density at radius 2 is 1.64 bits per heavy atom. The molecule has 2 aliphatic heterocycles. The fourth-order valence-corrected chi connectivity index (χ4v) is 5.91. The van der Waals surface area contributed by atoms with Crippen molar-refractivity contribution in [2.45, 2.75) is 6.17 Å². The Bertz CT molecular complexity index is 1730. The van der Waals surface area contributed by atoms with Gasteiger partial charge in [-0.05, 0) is 36.4 Å². The van der Waals surface area contributed by atoms with Crippen molar-refractivity contribution in [3.05, 3.63) is 100 Å². The third-order valence-corrected chi connectivity index (χ3v) is 8.41. The van der Waals surface area contributed by atoms with Crippen molar-refractivity contribution in [1.82, 2.24) is 4.31 Å². The zero-order valence-electron chi connectivity index (χ0n) is 22.6. The summed E-state index contributed by atoms with van der Waals surface area (Å²) in [6, 6.07) is 23.5. The summed E-state index contributed by atoms with van der Waals surface area (Å²) in [6.45, 7) is 2.91. The van der Waals surface area contributed by atoms with Crippen LogP contribution in [0.25, 0.3) is 10.8 Å². The number of hydrogen-bond acceptors (Lipinski definition) is 6. The monoisotopic (exact) mass is 619 g/mol. The second-order valence-electron chi connectivity index (χ2n) is 9.94. The minimum atomic E-state index is -1.30. The van der Waals surface area contributed by atoms with Crippen LogP contribution < -0.4 is 15.1 Å². The number of halogens is 2. The predicted molar refractivity (Wildman–Crippen MR) is 173 cm³/mol. The lowest BCUT2D eigenvalue weighted by molar-refractivity contribution is -0.121. The van der Waals surface area contributed by atoms with E-state index in [4.69, 9.17) is 32.9 Å². The third-order valence-electron chi connectivity index (χ3n) is 7.44. The SMILES string of the molecule is CN1C(=O)C(N(S)C(=O)Nc2ccc(N3CCOCC3)c3ccccc23)N=C(c2ccccc2Cl)c2cc(Cl)ccc21. The number of likely N-dealkylation sites (N-methyl/N-ethyl adjacent to an activating group) is 1. The molecule has 11 heteroatoms. The number of benzene rings is 4. The van der Waals surface area contributed by atoms with Crippen LogP contribution in [0.5, 0.6) is 0 Å². The molecular weight excluding hydrogens is 593 g/mol. The molecule has 2 aliphatic rings. The molecule has 0 radical (unpaired) electrons. The summed E-state index contributed by atoms with van der Waals surface area (Å²) in [5, 5.41) is 5.73. The van der Waals surface area contributed by atoms with Gasteiger partial charge in [0.05, 0.1) is 30.3 Å². The molecule has 4 aromatic carbocycles. The van der Waals surface area contributed by atoms with E-state index in [0.29, 0.717) is 51.5 Å². The highest BCUT2D eigenvalue weighted by atomic mass is 35.5. The van der Waals surface area contributed by atoms with Gasteiger partial charge in [0.15, 0.2) is 0 Å². The molecule has 214 valence electrons. The molecule has 3 amide bonds. The van der Waals surface area contributed by atoms with Gasteiger partial charge in [-0.25, -0.2) is 14.1 Å². The summed E-state index contributed by atoms with van der Waals surface area (Å²) < 4.78 is 6.53. The highest BCUT2D eigenvalue weighted by Crippen LogP contribution is 2.35. The lowest BCUT2D eigenvalue weighted by atomic mass is 10.00. The van der Waals surface area contributed by atoms with E-state index in [9.17, 15) is 9.59 Å². The number of rotatable bonds is 4. The van der Waals surface area contributed by atoms with E-state index in [1.165, 1.54) is 4.90 Å². The zero-order valence-corrected chi connectivity index (χ0v) is 25.0. The van der Waals surface area contributed by atoms with Crippen molar-refractivity contribution in [3.8, 4) is 0 Å². The van der Waals surface area contributed by atoms with E-state index in [1.54, 1.807) is 31.3 Å². The van der Waals surface area contributed by atoms with Crippen LogP contribution in [0.4, 0.5) is 21.9 Å². The largest absolute Gasteiger partial charge is 0.378 e. The number of benzodiazepines with no additional fused rings is 1. The lowest BCUT2D eigenvalue weighted by Crippen LogP contribution is -2.46. The molecule has 0 spiro atoms. The van der Waals surface area contributed by atoms with Crippen LogP contribution in [0.2, 0.25) is 10.0 Å². The topological polar surface area (TPSA) is 77.5 Å². The summed E-state index contributed by atoms with van der Waals surface area (Å²) >= 11 is 17.4. The van der Waals surface area contributed by atoms with Crippen LogP contribution in [-0.2, 0) is 9.53 Å². The predicted octanol–water partition coefficient (Wildman–Crippen LogP) is 6.50. The summed E-state index contributed by atoms with van der Waals surface area (Å²) in [4.78, 5) is 35.9. The number of carbonyl (C=O) groups is 2. The van der Waals surface area contributed by atoms with Gasteiger partial charge in [-0.3, -0.25) is 4.79 Å². The number of ether oxygens (including phenoxy) is 1. The van der Waals surface area contributed by atoms with Gasteiger partial charge < -0.3 is 19.9 Å². The first-order chi connectivity index (χ1) is 20.3. The molecule has 8 nitrogen and oxygen atoms in total. The van der Waals surface area contributed by atoms with Crippen LogP contribution in [0.15, 0.2) is 83.9 Å². The van der Waals surface area contributed by atoms with Crippen LogP contribution in [0, 0.1) is 0 Å². The Balaban J connectivity index is 1.37. The maximum absolute atomic E-state index is 13.8. The van der Waals surface area contributed by atoms with Gasteiger partial charge >= 0.3 is 6.03 Å². The maximum Gasteiger partial charge on any atom is 0.334 e. The van der Waals surface area contributed by atoms with Gasteiger partial charge in [0.25, 0.3) is 5.91 Å². The summed E-state index contributed by atoms with van der Waals surface area (Å²) in [7, 11) is 1.63. The quantitative estimate of drug-likeness (QED) is 0.256. The van der Waals surface area contributed by atoms with Crippen LogP contribution in [0.3, 0.4) is 0 Å². The molecule has 0 bridgehead atoms. The fourth-order valence-electron chi connectivity index (χ4n) is 5.31. The highest BCUT2D eigenvalue weighted by Gasteiger charge is 2.36. The Hall–Kier alpha value is -3.76.